The van der Waals surface area contributed by atoms with Crippen molar-refractivity contribution >= 4 is 22.3 Å². The number of fused-ring (bicyclic) bond motifs is 1. The van der Waals surface area contributed by atoms with Crippen molar-refractivity contribution in [2.24, 2.45) is 0 Å². The first-order chi connectivity index (χ1) is 9.61. The predicted molar refractivity (Wildman–Crippen MR) is 81.4 cm³/mol. The molecule has 0 amide bonds. The first-order valence-corrected chi connectivity index (χ1v) is 6.61. The van der Waals surface area contributed by atoms with E-state index in [0.29, 0.717) is 0 Å². The molecule has 0 radical (unpaired) electrons. The summed E-state index contributed by atoms with van der Waals surface area (Å²) in [6.07, 6.45) is 0. The van der Waals surface area contributed by atoms with Crippen LogP contribution in [0.1, 0.15) is 11.3 Å². The normalized spacial score (nSPS) is 10.2. The highest BCUT2D eigenvalue weighted by Crippen LogP contribution is 2.26. The number of phenols is 1. The number of H-pyrrole nitrogens is 1. The lowest BCUT2D eigenvalue weighted by molar-refractivity contribution is -0.354. The molecule has 1 aromatic heterocycles. The maximum Gasteiger partial charge on any atom is 0.213 e. The summed E-state index contributed by atoms with van der Waals surface area (Å²) in [5.74, 6) is 0.272. The van der Waals surface area contributed by atoms with Crippen molar-refractivity contribution in [2.45, 2.75) is 13.8 Å². The highest BCUT2D eigenvalue weighted by atomic mass is 35.5. The minimum atomic E-state index is 0. The second-order valence-electron chi connectivity index (χ2n) is 5.09. The van der Waals surface area contributed by atoms with Gasteiger partial charge in [-0.15, -0.1) is 0 Å². The fourth-order valence-electron chi connectivity index (χ4n) is 2.34. The summed E-state index contributed by atoms with van der Waals surface area (Å²) in [6, 6.07) is 15.5. The molecule has 3 N–H and O–H groups in total. The van der Waals surface area contributed by atoms with E-state index >= 15 is 0 Å². The summed E-state index contributed by atoms with van der Waals surface area (Å²) in [6.45, 7) is 4.13. The number of phenolic OH excluding ortho intramolecular Hbond substituents is 1. The van der Waals surface area contributed by atoms with Crippen molar-refractivity contribution < 1.29 is 22.5 Å². The molecule has 0 aliphatic carbocycles. The molecule has 0 fully saturated rings. The molecule has 0 bridgehead atoms. The van der Waals surface area contributed by atoms with Gasteiger partial charge in [0.2, 0.25) is 5.52 Å². The van der Waals surface area contributed by atoms with Crippen molar-refractivity contribution in [3.63, 3.8) is 0 Å². The third kappa shape index (κ3) is 3.26. The molecule has 0 spiro atoms. The van der Waals surface area contributed by atoms with Gasteiger partial charge in [0.05, 0.1) is 11.1 Å². The summed E-state index contributed by atoms with van der Waals surface area (Å²) >= 11 is 0. The fraction of sp³-hybridized carbons (Fsp3) is 0.118. The predicted octanol–water partition coefficient (Wildman–Crippen LogP) is 0.724. The molecule has 4 heteroatoms. The average Bonchev–Trinajstić information content (AvgIpc) is 2.42. The Hall–Kier alpha value is -2.26. The summed E-state index contributed by atoms with van der Waals surface area (Å²) in [5, 5.41) is 13.9. The van der Waals surface area contributed by atoms with E-state index in [1.165, 1.54) is 5.56 Å². The molecular weight excluding hydrogens is 284 g/mol. The number of pyridine rings is 1. The number of hydrogen-bond acceptors (Lipinski definition) is 2. The molecule has 21 heavy (non-hydrogen) atoms. The van der Waals surface area contributed by atoms with Crippen LogP contribution in [0.5, 0.6) is 5.75 Å². The van der Waals surface area contributed by atoms with Gasteiger partial charge in [0.25, 0.3) is 0 Å². The SMILES string of the molecule is Cc1ccc2[nH+]c(C)cc(Nc3ccc(O)cc3)c2c1.[Cl-]. The second-order valence-corrected chi connectivity index (χ2v) is 5.09. The van der Waals surface area contributed by atoms with E-state index in [1.807, 2.05) is 19.1 Å². The first-order valence-electron chi connectivity index (χ1n) is 6.61. The van der Waals surface area contributed by atoms with Gasteiger partial charge in [0.1, 0.15) is 5.75 Å². The zero-order chi connectivity index (χ0) is 14.1. The van der Waals surface area contributed by atoms with E-state index < -0.39 is 0 Å². The second kappa shape index (κ2) is 6.02. The topological polar surface area (TPSA) is 46.4 Å². The molecule has 2 aromatic carbocycles. The van der Waals surface area contributed by atoms with Crippen molar-refractivity contribution in [3.05, 3.63) is 59.8 Å². The standard InChI is InChI=1S/C17H16N2O.ClH/c1-11-3-8-16-15(9-11)17(10-12(2)18-16)19-13-4-6-14(20)7-5-13;/h3-10,20H,1-2H3,(H,18,19);1H. The van der Waals surface area contributed by atoms with Gasteiger partial charge >= 0.3 is 0 Å². The average molecular weight is 301 g/mol. The minimum Gasteiger partial charge on any atom is -1.00 e. The number of nitrogens with one attached hydrogen (secondary N) is 2. The van der Waals surface area contributed by atoms with Crippen molar-refractivity contribution in [3.8, 4) is 5.75 Å². The minimum absolute atomic E-state index is 0. The number of halogens is 1. The highest BCUT2D eigenvalue weighted by Gasteiger charge is 2.09. The third-order valence-corrected chi connectivity index (χ3v) is 3.30. The van der Waals surface area contributed by atoms with Gasteiger partial charge in [0, 0.05) is 24.7 Å². The van der Waals surface area contributed by atoms with Crippen LogP contribution in [0.3, 0.4) is 0 Å². The first kappa shape index (κ1) is 15.1. The van der Waals surface area contributed by atoms with Crippen LogP contribution < -0.4 is 22.7 Å². The molecule has 0 atom stereocenters. The van der Waals surface area contributed by atoms with Crippen molar-refractivity contribution in [1.82, 2.24) is 0 Å². The molecule has 0 saturated heterocycles. The Kier molecular flexibility index (Phi) is 4.34. The van der Waals surface area contributed by atoms with Crippen LogP contribution in [-0.2, 0) is 0 Å². The Morgan fingerprint density at radius 1 is 0.952 bits per heavy atom. The lowest BCUT2D eigenvalue weighted by atomic mass is 10.1. The van der Waals surface area contributed by atoms with Crippen LogP contribution in [0.15, 0.2) is 48.5 Å². The van der Waals surface area contributed by atoms with Crippen LogP contribution in [0, 0.1) is 13.8 Å². The Morgan fingerprint density at radius 3 is 2.38 bits per heavy atom. The maximum absolute atomic E-state index is 9.34. The Morgan fingerprint density at radius 2 is 1.67 bits per heavy atom. The van der Waals surface area contributed by atoms with Crippen molar-refractivity contribution in [1.29, 1.82) is 0 Å². The molecular formula is C17H17ClN2O. The summed E-state index contributed by atoms with van der Waals surface area (Å²) in [7, 11) is 0. The number of rotatable bonds is 2. The zero-order valence-corrected chi connectivity index (χ0v) is 12.7. The lowest BCUT2D eigenvalue weighted by Gasteiger charge is -2.09. The maximum atomic E-state index is 9.34. The number of aromatic hydroxyl groups is 1. The lowest BCUT2D eigenvalue weighted by Crippen LogP contribution is -3.00. The van der Waals surface area contributed by atoms with Crippen LogP contribution in [0.2, 0.25) is 0 Å². The van der Waals surface area contributed by atoms with Gasteiger partial charge in [-0.05, 0) is 42.8 Å². The summed E-state index contributed by atoms with van der Waals surface area (Å²) < 4.78 is 0. The molecule has 3 rings (SSSR count). The van der Waals surface area contributed by atoms with E-state index in [4.69, 9.17) is 0 Å². The largest absolute Gasteiger partial charge is 1.00 e. The Balaban J connectivity index is 0.00000161. The van der Waals surface area contributed by atoms with E-state index in [9.17, 15) is 5.11 Å². The highest BCUT2D eigenvalue weighted by molar-refractivity contribution is 5.91. The van der Waals surface area contributed by atoms with Gasteiger partial charge < -0.3 is 22.8 Å². The van der Waals surface area contributed by atoms with Crippen LogP contribution in [0.25, 0.3) is 10.9 Å². The molecule has 0 aliphatic rings. The molecule has 0 aliphatic heterocycles. The van der Waals surface area contributed by atoms with Gasteiger partial charge in [-0.1, -0.05) is 6.07 Å². The van der Waals surface area contributed by atoms with E-state index in [1.54, 1.807) is 12.1 Å². The number of benzene rings is 2. The van der Waals surface area contributed by atoms with Crippen LogP contribution in [-0.4, -0.2) is 5.11 Å². The van der Waals surface area contributed by atoms with Gasteiger partial charge in [-0.25, -0.2) is 4.98 Å². The quantitative estimate of drug-likeness (QED) is 0.685. The van der Waals surface area contributed by atoms with Crippen LogP contribution in [0.4, 0.5) is 11.4 Å². The van der Waals surface area contributed by atoms with Crippen molar-refractivity contribution in [2.75, 3.05) is 5.32 Å². The molecule has 0 unspecified atom stereocenters. The van der Waals surface area contributed by atoms with Gasteiger partial charge in [-0.3, -0.25) is 0 Å². The van der Waals surface area contributed by atoms with Gasteiger partial charge in [0.15, 0.2) is 5.69 Å². The fourth-order valence-corrected chi connectivity index (χ4v) is 2.34. The molecule has 0 saturated carbocycles. The molecule has 108 valence electrons. The summed E-state index contributed by atoms with van der Waals surface area (Å²) in [5.41, 5.74) is 5.45. The molecule has 3 aromatic rings. The van der Waals surface area contributed by atoms with Crippen LogP contribution >= 0.6 is 0 Å². The van der Waals surface area contributed by atoms with E-state index in [0.717, 1.165) is 28.0 Å². The smallest absolute Gasteiger partial charge is 0.213 e. The summed E-state index contributed by atoms with van der Waals surface area (Å²) in [4.78, 5) is 3.37. The van der Waals surface area contributed by atoms with Gasteiger partial charge in [-0.2, -0.15) is 0 Å². The monoisotopic (exact) mass is 300 g/mol. The third-order valence-electron chi connectivity index (χ3n) is 3.30. The Labute approximate surface area is 130 Å². The Bertz CT molecular complexity index is 770. The van der Waals surface area contributed by atoms with E-state index in [-0.39, 0.29) is 18.2 Å². The molecule has 1 heterocycles. The van der Waals surface area contributed by atoms with E-state index in [2.05, 4.69) is 41.5 Å². The number of aryl methyl sites for hydroxylation is 2. The number of aromatic amines is 1. The number of hydrogen-bond donors (Lipinski definition) is 2. The number of aromatic nitrogens is 1. The molecule has 3 nitrogen and oxygen atoms in total. The zero-order valence-electron chi connectivity index (χ0n) is 11.9. The number of anilines is 2.